The fraction of sp³-hybridized carbons (Fsp3) is 0.636. The molecule has 0 spiro atoms. The maximum absolute atomic E-state index is 11.1. The Morgan fingerprint density at radius 1 is 1.65 bits per heavy atom. The molecule has 1 aliphatic heterocycles. The van der Waals surface area contributed by atoms with Crippen LogP contribution in [0.25, 0.3) is 0 Å². The van der Waals surface area contributed by atoms with Crippen LogP contribution in [0.5, 0.6) is 0 Å². The van der Waals surface area contributed by atoms with Crippen molar-refractivity contribution >= 4 is 17.3 Å². The van der Waals surface area contributed by atoms with Crippen LogP contribution < -0.4 is 0 Å². The largest absolute Gasteiger partial charge is 0.481 e. The first-order valence-electron chi connectivity index (χ1n) is 5.57. The van der Waals surface area contributed by atoms with Gasteiger partial charge in [-0.15, -0.1) is 11.3 Å². The first-order chi connectivity index (χ1) is 8.13. The Hall–Kier alpha value is -0.980. The van der Waals surface area contributed by atoms with E-state index in [1.807, 2.05) is 12.3 Å². The molecule has 2 heterocycles. The standard InChI is InChI=1S/C11H16N2O3S/c1-11(8-9(14)15,10-12-2-7-17-10)13-3-5-16-6-4-13/h2,7H,3-6,8H2,1H3,(H,14,15). The molecule has 17 heavy (non-hydrogen) atoms. The summed E-state index contributed by atoms with van der Waals surface area (Å²) in [6.07, 6.45) is 1.79. The number of rotatable bonds is 4. The van der Waals surface area contributed by atoms with Crippen molar-refractivity contribution in [2.24, 2.45) is 0 Å². The maximum atomic E-state index is 11.1. The zero-order valence-corrected chi connectivity index (χ0v) is 10.6. The SMILES string of the molecule is CC(CC(=O)O)(c1nccs1)N1CCOCC1. The smallest absolute Gasteiger partial charge is 0.305 e. The van der Waals surface area contributed by atoms with Gasteiger partial charge in [0, 0.05) is 24.7 Å². The van der Waals surface area contributed by atoms with Crippen LogP contribution in [-0.4, -0.2) is 47.3 Å². The van der Waals surface area contributed by atoms with Gasteiger partial charge in [0.15, 0.2) is 0 Å². The lowest BCUT2D eigenvalue weighted by Crippen LogP contribution is -2.50. The maximum Gasteiger partial charge on any atom is 0.305 e. The molecule has 1 unspecified atom stereocenters. The molecule has 0 amide bonds. The number of carboxylic acid groups (broad SMARTS) is 1. The van der Waals surface area contributed by atoms with Crippen LogP contribution in [0.2, 0.25) is 0 Å². The molecular formula is C11H16N2O3S. The highest BCUT2D eigenvalue weighted by Crippen LogP contribution is 2.33. The first-order valence-corrected chi connectivity index (χ1v) is 6.45. The molecule has 1 atom stereocenters. The minimum atomic E-state index is -0.797. The lowest BCUT2D eigenvalue weighted by Gasteiger charge is -2.41. The van der Waals surface area contributed by atoms with E-state index in [1.165, 1.54) is 11.3 Å². The Morgan fingerprint density at radius 2 is 2.35 bits per heavy atom. The minimum absolute atomic E-state index is 0.0700. The molecule has 0 aliphatic carbocycles. The van der Waals surface area contributed by atoms with Gasteiger partial charge in [-0.1, -0.05) is 0 Å². The molecule has 5 nitrogen and oxygen atoms in total. The molecule has 2 rings (SSSR count). The molecule has 0 saturated carbocycles. The van der Waals surface area contributed by atoms with Crippen molar-refractivity contribution in [2.45, 2.75) is 18.9 Å². The van der Waals surface area contributed by atoms with Crippen molar-refractivity contribution in [2.75, 3.05) is 26.3 Å². The van der Waals surface area contributed by atoms with Crippen LogP contribution >= 0.6 is 11.3 Å². The van der Waals surface area contributed by atoms with Gasteiger partial charge >= 0.3 is 5.97 Å². The van der Waals surface area contributed by atoms with Gasteiger partial charge < -0.3 is 9.84 Å². The second-order valence-electron chi connectivity index (χ2n) is 4.28. The second-order valence-corrected chi connectivity index (χ2v) is 5.18. The predicted molar refractivity (Wildman–Crippen MR) is 64.1 cm³/mol. The quantitative estimate of drug-likeness (QED) is 0.876. The van der Waals surface area contributed by atoms with E-state index in [2.05, 4.69) is 9.88 Å². The van der Waals surface area contributed by atoms with Crippen molar-refractivity contribution in [3.05, 3.63) is 16.6 Å². The molecule has 1 fully saturated rings. The molecule has 0 bridgehead atoms. The zero-order chi connectivity index (χ0) is 12.3. The molecule has 1 aliphatic rings. The number of aromatic nitrogens is 1. The van der Waals surface area contributed by atoms with Crippen molar-refractivity contribution in [3.63, 3.8) is 0 Å². The molecule has 0 radical (unpaired) electrons. The summed E-state index contributed by atoms with van der Waals surface area (Å²) in [5.74, 6) is -0.797. The van der Waals surface area contributed by atoms with Crippen LogP contribution in [-0.2, 0) is 15.1 Å². The number of carbonyl (C=O) groups is 1. The van der Waals surface area contributed by atoms with Crippen molar-refractivity contribution in [1.82, 2.24) is 9.88 Å². The van der Waals surface area contributed by atoms with Crippen LogP contribution in [0, 0.1) is 0 Å². The third-order valence-corrected chi connectivity index (χ3v) is 4.12. The third-order valence-electron chi connectivity index (χ3n) is 3.10. The van der Waals surface area contributed by atoms with Crippen LogP contribution in [0.15, 0.2) is 11.6 Å². The molecule has 0 aromatic carbocycles. The van der Waals surface area contributed by atoms with Gasteiger partial charge in [0.1, 0.15) is 5.01 Å². The van der Waals surface area contributed by atoms with E-state index in [0.29, 0.717) is 13.2 Å². The van der Waals surface area contributed by atoms with Gasteiger partial charge in [-0.05, 0) is 6.92 Å². The summed E-state index contributed by atoms with van der Waals surface area (Å²) in [5, 5.41) is 11.8. The number of thiazole rings is 1. The number of morpholine rings is 1. The summed E-state index contributed by atoms with van der Waals surface area (Å²) in [7, 11) is 0. The average molecular weight is 256 g/mol. The van der Waals surface area contributed by atoms with Gasteiger partial charge in [-0.25, -0.2) is 4.98 Å². The molecule has 94 valence electrons. The van der Waals surface area contributed by atoms with Gasteiger partial charge in [0.05, 0.1) is 25.2 Å². The number of aliphatic carboxylic acids is 1. The number of carboxylic acids is 1. The van der Waals surface area contributed by atoms with Gasteiger partial charge in [0.2, 0.25) is 0 Å². The summed E-state index contributed by atoms with van der Waals surface area (Å²) >= 11 is 1.51. The number of ether oxygens (including phenoxy) is 1. The number of hydrogen-bond acceptors (Lipinski definition) is 5. The van der Waals surface area contributed by atoms with Crippen LogP contribution in [0.4, 0.5) is 0 Å². The normalized spacial score (nSPS) is 21.0. The summed E-state index contributed by atoms with van der Waals surface area (Å²) in [5.41, 5.74) is -0.524. The van der Waals surface area contributed by atoms with E-state index in [-0.39, 0.29) is 6.42 Å². The first kappa shape index (κ1) is 12.5. The lowest BCUT2D eigenvalue weighted by molar-refractivity contribution is -0.141. The van der Waals surface area contributed by atoms with E-state index >= 15 is 0 Å². The van der Waals surface area contributed by atoms with E-state index in [1.54, 1.807) is 6.20 Å². The van der Waals surface area contributed by atoms with Gasteiger partial charge in [-0.3, -0.25) is 9.69 Å². The summed E-state index contributed by atoms with van der Waals surface area (Å²) in [4.78, 5) is 17.5. The minimum Gasteiger partial charge on any atom is -0.481 e. The van der Waals surface area contributed by atoms with Crippen molar-refractivity contribution in [1.29, 1.82) is 0 Å². The average Bonchev–Trinajstić information content (AvgIpc) is 2.83. The van der Waals surface area contributed by atoms with Gasteiger partial charge in [0.25, 0.3) is 0 Å². The number of hydrogen-bond donors (Lipinski definition) is 1. The Morgan fingerprint density at radius 3 is 2.88 bits per heavy atom. The Balaban J connectivity index is 2.25. The fourth-order valence-corrected chi connectivity index (χ4v) is 2.99. The van der Waals surface area contributed by atoms with Gasteiger partial charge in [-0.2, -0.15) is 0 Å². The highest BCUT2D eigenvalue weighted by Gasteiger charge is 2.38. The molecule has 1 aromatic heterocycles. The topological polar surface area (TPSA) is 62.7 Å². The zero-order valence-electron chi connectivity index (χ0n) is 9.76. The molecule has 1 N–H and O–H groups in total. The number of nitrogens with zero attached hydrogens (tertiary/aromatic N) is 2. The van der Waals surface area contributed by atoms with Crippen LogP contribution in [0.1, 0.15) is 18.4 Å². The molecule has 1 saturated heterocycles. The fourth-order valence-electron chi connectivity index (χ4n) is 2.16. The highest BCUT2D eigenvalue weighted by atomic mass is 32.1. The summed E-state index contributed by atoms with van der Waals surface area (Å²) < 4.78 is 5.31. The van der Waals surface area contributed by atoms with E-state index < -0.39 is 11.5 Å². The molecular weight excluding hydrogens is 240 g/mol. The van der Waals surface area contributed by atoms with Crippen LogP contribution in [0.3, 0.4) is 0 Å². The van der Waals surface area contributed by atoms with Crippen molar-refractivity contribution in [3.8, 4) is 0 Å². The second kappa shape index (κ2) is 5.12. The molecule has 6 heteroatoms. The summed E-state index contributed by atoms with van der Waals surface area (Å²) in [6, 6.07) is 0. The Kier molecular flexibility index (Phi) is 3.76. The molecule has 1 aromatic rings. The third kappa shape index (κ3) is 2.65. The highest BCUT2D eigenvalue weighted by molar-refractivity contribution is 7.09. The van der Waals surface area contributed by atoms with E-state index in [0.717, 1.165) is 18.1 Å². The van der Waals surface area contributed by atoms with E-state index in [9.17, 15) is 4.79 Å². The lowest BCUT2D eigenvalue weighted by atomic mass is 9.95. The monoisotopic (exact) mass is 256 g/mol. The Bertz CT molecular complexity index is 376. The Labute approximate surface area is 104 Å². The summed E-state index contributed by atoms with van der Waals surface area (Å²) in [6.45, 7) is 4.76. The van der Waals surface area contributed by atoms with E-state index in [4.69, 9.17) is 9.84 Å². The van der Waals surface area contributed by atoms with Crippen molar-refractivity contribution < 1.29 is 14.6 Å². The predicted octanol–water partition coefficient (Wildman–Crippen LogP) is 1.17.